The van der Waals surface area contributed by atoms with Gasteiger partial charge in [-0.15, -0.1) is 0 Å². The van der Waals surface area contributed by atoms with Crippen LogP contribution >= 0.6 is 0 Å². The van der Waals surface area contributed by atoms with Gasteiger partial charge in [0.1, 0.15) is 11.5 Å². The zero-order valence-corrected chi connectivity index (χ0v) is 11.9. The van der Waals surface area contributed by atoms with E-state index in [4.69, 9.17) is 9.47 Å². The molecule has 0 saturated heterocycles. The topological polar surface area (TPSA) is 41.9 Å². The molecule has 1 aromatic carbocycles. The van der Waals surface area contributed by atoms with Crippen LogP contribution in [0.4, 0.5) is 0 Å². The number of likely N-dealkylation sites (N-methyl/N-ethyl adjacent to an activating group) is 1. The maximum Gasteiger partial charge on any atom is 0.124 e. The highest BCUT2D eigenvalue weighted by atomic mass is 16.5. The van der Waals surface area contributed by atoms with Gasteiger partial charge in [0.2, 0.25) is 0 Å². The fraction of sp³-hybridized carbons (Fsp3) is 0.600. The van der Waals surface area contributed by atoms with Crippen molar-refractivity contribution in [2.24, 2.45) is 0 Å². The van der Waals surface area contributed by atoms with Gasteiger partial charge in [0.05, 0.1) is 20.3 Å². The van der Waals surface area contributed by atoms with Crippen molar-refractivity contribution >= 4 is 0 Å². The molecule has 1 aliphatic rings. The van der Waals surface area contributed by atoms with Crippen LogP contribution in [-0.2, 0) is 0 Å². The van der Waals surface area contributed by atoms with E-state index in [2.05, 4.69) is 11.9 Å². The second-order valence-electron chi connectivity index (χ2n) is 5.15. The predicted octanol–water partition coefficient (Wildman–Crippen LogP) is 2.22. The molecule has 1 saturated carbocycles. The van der Waals surface area contributed by atoms with Gasteiger partial charge in [-0.3, -0.25) is 0 Å². The minimum atomic E-state index is -0.560. The fourth-order valence-electron chi connectivity index (χ4n) is 2.45. The van der Waals surface area contributed by atoms with Crippen molar-refractivity contribution < 1.29 is 14.6 Å². The van der Waals surface area contributed by atoms with Crippen LogP contribution in [0.2, 0.25) is 0 Å². The predicted molar refractivity (Wildman–Crippen MR) is 74.8 cm³/mol. The lowest BCUT2D eigenvalue weighted by Crippen LogP contribution is -2.39. The normalized spacial score (nSPS) is 17.1. The Morgan fingerprint density at radius 3 is 2.58 bits per heavy atom. The Labute approximate surface area is 114 Å². The number of nitrogens with zero attached hydrogens (tertiary/aromatic N) is 1. The molecule has 0 radical (unpaired) electrons. The molecule has 0 spiro atoms. The van der Waals surface area contributed by atoms with E-state index in [-0.39, 0.29) is 0 Å². The number of hydrogen-bond donors (Lipinski definition) is 1. The summed E-state index contributed by atoms with van der Waals surface area (Å²) < 4.78 is 10.5. The number of rotatable bonds is 6. The lowest BCUT2D eigenvalue weighted by atomic mass is 9.91. The molecular formula is C15H23NO3. The molecule has 1 unspecified atom stereocenters. The van der Waals surface area contributed by atoms with E-state index in [1.54, 1.807) is 14.2 Å². The highest BCUT2D eigenvalue weighted by Gasteiger charge is 2.25. The quantitative estimate of drug-likeness (QED) is 0.856. The average Bonchev–Trinajstić information content (AvgIpc) is 2.35. The molecular weight excluding hydrogens is 242 g/mol. The number of aliphatic hydroxyl groups is 1. The number of methoxy groups -OCH3 is 2. The Hall–Kier alpha value is -1.26. The summed E-state index contributed by atoms with van der Waals surface area (Å²) in [5.41, 5.74) is 0.785. The number of benzene rings is 1. The highest BCUT2D eigenvalue weighted by Crippen LogP contribution is 2.31. The molecule has 1 fully saturated rings. The number of ether oxygens (including phenoxy) is 2. The Morgan fingerprint density at radius 1 is 1.32 bits per heavy atom. The third kappa shape index (κ3) is 3.19. The van der Waals surface area contributed by atoms with Crippen molar-refractivity contribution in [1.82, 2.24) is 4.90 Å². The molecule has 0 heterocycles. The Bertz CT molecular complexity index is 418. The average molecular weight is 265 g/mol. The highest BCUT2D eigenvalue weighted by molar-refractivity contribution is 5.41. The van der Waals surface area contributed by atoms with Gasteiger partial charge < -0.3 is 19.5 Å². The Balaban J connectivity index is 2.09. The largest absolute Gasteiger partial charge is 0.497 e. The van der Waals surface area contributed by atoms with E-state index in [0.29, 0.717) is 18.3 Å². The first-order valence-corrected chi connectivity index (χ1v) is 6.76. The van der Waals surface area contributed by atoms with Gasteiger partial charge in [-0.2, -0.15) is 0 Å². The first-order chi connectivity index (χ1) is 9.15. The minimum Gasteiger partial charge on any atom is -0.497 e. The molecule has 4 heteroatoms. The van der Waals surface area contributed by atoms with Gasteiger partial charge in [0.25, 0.3) is 0 Å². The van der Waals surface area contributed by atoms with Gasteiger partial charge in [-0.1, -0.05) is 6.42 Å². The first kappa shape index (κ1) is 14.2. The van der Waals surface area contributed by atoms with E-state index < -0.39 is 6.10 Å². The van der Waals surface area contributed by atoms with Crippen molar-refractivity contribution in [3.05, 3.63) is 23.8 Å². The second kappa shape index (κ2) is 6.26. The Morgan fingerprint density at radius 2 is 2.05 bits per heavy atom. The molecule has 0 bridgehead atoms. The standard InChI is InChI=1S/C15H23NO3/c1-16(11-5-4-6-11)10-14(17)13-9-12(18-2)7-8-15(13)19-3/h7-9,11,14,17H,4-6,10H2,1-3H3. The second-order valence-corrected chi connectivity index (χ2v) is 5.15. The lowest BCUT2D eigenvalue weighted by Gasteiger charge is -2.36. The molecule has 1 aromatic rings. The summed E-state index contributed by atoms with van der Waals surface area (Å²) in [6.07, 6.45) is 3.21. The van der Waals surface area contributed by atoms with Crippen LogP contribution in [0.15, 0.2) is 18.2 Å². The van der Waals surface area contributed by atoms with Crippen LogP contribution in [0.5, 0.6) is 11.5 Å². The molecule has 0 aromatic heterocycles. The van der Waals surface area contributed by atoms with Crippen LogP contribution in [0.1, 0.15) is 30.9 Å². The minimum absolute atomic E-state index is 0.560. The van der Waals surface area contributed by atoms with Crippen LogP contribution < -0.4 is 9.47 Å². The smallest absolute Gasteiger partial charge is 0.124 e. The Kier molecular flexibility index (Phi) is 4.66. The summed E-state index contributed by atoms with van der Waals surface area (Å²) in [5.74, 6) is 1.44. The first-order valence-electron chi connectivity index (χ1n) is 6.76. The maximum absolute atomic E-state index is 10.4. The van der Waals surface area contributed by atoms with Crippen molar-refractivity contribution in [2.75, 3.05) is 27.8 Å². The molecule has 106 valence electrons. The molecule has 19 heavy (non-hydrogen) atoms. The summed E-state index contributed by atoms with van der Waals surface area (Å²) in [6, 6.07) is 6.13. The van der Waals surface area contributed by atoms with Crippen molar-refractivity contribution in [1.29, 1.82) is 0 Å². The molecule has 1 aliphatic carbocycles. The van der Waals surface area contributed by atoms with Gasteiger partial charge >= 0.3 is 0 Å². The van der Waals surface area contributed by atoms with E-state index in [0.717, 1.165) is 11.3 Å². The summed E-state index contributed by atoms with van der Waals surface area (Å²) >= 11 is 0. The molecule has 1 atom stereocenters. The summed E-state index contributed by atoms with van der Waals surface area (Å²) in [7, 11) is 5.31. The van der Waals surface area contributed by atoms with Crippen LogP contribution in [0.3, 0.4) is 0 Å². The SMILES string of the molecule is COc1ccc(OC)c(C(O)CN(C)C2CCC2)c1. The maximum atomic E-state index is 10.4. The molecule has 0 amide bonds. The number of aliphatic hydroxyl groups excluding tert-OH is 1. The summed E-state index contributed by atoms with van der Waals surface area (Å²) in [5, 5.41) is 10.4. The van der Waals surface area contributed by atoms with Gasteiger partial charge in [-0.05, 0) is 38.1 Å². The van der Waals surface area contributed by atoms with Crippen LogP contribution in [0, 0.1) is 0 Å². The van der Waals surface area contributed by atoms with E-state index in [1.165, 1.54) is 19.3 Å². The van der Waals surface area contributed by atoms with Crippen molar-refractivity contribution in [3.8, 4) is 11.5 Å². The van der Waals surface area contributed by atoms with Crippen LogP contribution in [0.25, 0.3) is 0 Å². The zero-order valence-electron chi connectivity index (χ0n) is 11.9. The van der Waals surface area contributed by atoms with Crippen molar-refractivity contribution in [2.45, 2.75) is 31.4 Å². The van der Waals surface area contributed by atoms with E-state index in [9.17, 15) is 5.11 Å². The van der Waals surface area contributed by atoms with Gasteiger partial charge in [-0.25, -0.2) is 0 Å². The number of hydrogen-bond acceptors (Lipinski definition) is 4. The summed E-state index contributed by atoms with van der Waals surface area (Å²) in [6.45, 7) is 0.619. The van der Waals surface area contributed by atoms with Gasteiger partial charge in [0.15, 0.2) is 0 Å². The van der Waals surface area contributed by atoms with E-state index >= 15 is 0 Å². The third-order valence-corrected chi connectivity index (χ3v) is 3.95. The zero-order chi connectivity index (χ0) is 13.8. The van der Waals surface area contributed by atoms with E-state index in [1.807, 2.05) is 18.2 Å². The van der Waals surface area contributed by atoms with Crippen molar-refractivity contribution in [3.63, 3.8) is 0 Å². The third-order valence-electron chi connectivity index (χ3n) is 3.95. The molecule has 0 aliphatic heterocycles. The van der Waals surface area contributed by atoms with Gasteiger partial charge in [0, 0.05) is 18.2 Å². The molecule has 1 N–H and O–H groups in total. The molecule has 4 nitrogen and oxygen atoms in total. The van der Waals surface area contributed by atoms with Crippen LogP contribution in [-0.4, -0.2) is 43.9 Å². The monoisotopic (exact) mass is 265 g/mol. The molecule has 2 rings (SSSR count). The fourth-order valence-corrected chi connectivity index (χ4v) is 2.45. The lowest BCUT2D eigenvalue weighted by molar-refractivity contribution is 0.0761. The summed E-state index contributed by atoms with van der Waals surface area (Å²) in [4.78, 5) is 2.23.